The molecular weight excluding hydrogens is 689 g/mol. The van der Waals surface area contributed by atoms with Crippen molar-refractivity contribution in [2.45, 2.75) is 103 Å². The summed E-state index contributed by atoms with van der Waals surface area (Å²) in [5.41, 5.74) is 9.34. The first-order valence-corrected chi connectivity index (χ1v) is 21.0. The summed E-state index contributed by atoms with van der Waals surface area (Å²) >= 11 is 0. The highest BCUT2D eigenvalue weighted by molar-refractivity contribution is 5.56. The van der Waals surface area contributed by atoms with Crippen LogP contribution in [0.3, 0.4) is 0 Å². The molecule has 4 aromatic carbocycles. The summed E-state index contributed by atoms with van der Waals surface area (Å²) < 4.78 is 27.2. The number of unbranched alkanes of at least 4 members (excludes halogenated alkanes) is 8. The normalized spacial score (nSPS) is 12.0. The first kappa shape index (κ1) is 42.2. The monoisotopic (exact) mass is 752 g/mol. The highest BCUT2D eigenvalue weighted by Gasteiger charge is 2.22. The van der Waals surface area contributed by atoms with Gasteiger partial charge in [-0.15, -0.1) is 26.3 Å². The molecule has 0 aromatic heterocycles. The molecule has 296 valence electrons. The minimum Gasteiger partial charge on any atom is -0.493 e. The second-order valence-corrected chi connectivity index (χ2v) is 14.9. The van der Waals surface area contributed by atoms with Crippen LogP contribution in [0.15, 0.2) is 123 Å². The van der Waals surface area contributed by atoms with E-state index < -0.39 is 0 Å². The van der Waals surface area contributed by atoms with Crippen molar-refractivity contribution in [1.82, 2.24) is 0 Å². The molecule has 0 heterocycles. The van der Waals surface area contributed by atoms with Crippen LogP contribution in [0, 0.1) is 0 Å². The standard InChI is InChI=1S/C52H64O4/c1-5-9-13-17-33-53-49-41-25-21-26-42(49)38-44-28-23-30-46(51(44)55-35-19-15-11-7-3)40-48-32-24-31-47(52(48)56-36-20-16-12-8-4)39-45-29-22-27-43(37-41)50(45)54-34-18-14-10-6-2/h5-8,21-32H,1-4,9-20,33-40H2. The van der Waals surface area contributed by atoms with Gasteiger partial charge in [0.15, 0.2) is 0 Å². The molecule has 4 heteroatoms. The van der Waals surface area contributed by atoms with Crippen molar-refractivity contribution in [3.8, 4) is 23.0 Å². The van der Waals surface area contributed by atoms with Crippen molar-refractivity contribution in [3.05, 3.63) is 168 Å². The molecule has 0 N–H and O–H groups in total. The summed E-state index contributed by atoms with van der Waals surface area (Å²) in [6, 6.07) is 26.5. The molecule has 4 aromatic rings. The molecule has 4 nitrogen and oxygen atoms in total. The van der Waals surface area contributed by atoms with E-state index >= 15 is 0 Å². The molecule has 0 amide bonds. The van der Waals surface area contributed by atoms with Crippen molar-refractivity contribution in [2.75, 3.05) is 26.4 Å². The topological polar surface area (TPSA) is 36.9 Å². The van der Waals surface area contributed by atoms with Crippen LogP contribution in [-0.4, -0.2) is 26.4 Å². The van der Waals surface area contributed by atoms with Crippen LogP contribution in [0.25, 0.3) is 0 Å². The third kappa shape index (κ3) is 12.5. The zero-order valence-electron chi connectivity index (χ0n) is 33.8. The van der Waals surface area contributed by atoms with Crippen molar-refractivity contribution in [2.24, 2.45) is 0 Å². The van der Waals surface area contributed by atoms with Gasteiger partial charge in [-0.25, -0.2) is 0 Å². The Morgan fingerprint density at radius 2 is 0.518 bits per heavy atom. The molecule has 0 saturated heterocycles. The molecule has 5 rings (SSSR count). The molecule has 0 unspecified atom stereocenters. The molecule has 0 fully saturated rings. The van der Waals surface area contributed by atoms with Gasteiger partial charge in [-0.3, -0.25) is 0 Å². The number of hydrogen-bond acceptors (Lipinski definition) is 4. The number of rotatable bonds is 24. The number of para-hydroxylation sites is 4. The molecule has 0 spiro atoms. The lowest BCUT2D eigenvalue weighted by molar-refractivity contribution is 0.295. The summed E-state index contributed by atoms with van der Waals surface area (Å²) in [7, 11) is 0. The van der Waals surface area contributed by atoms with Gasteiger partial charge in [-0.1, -0.05) is 97.1 Å². The fourth-order valence-corrected chi connectivity index (χ4v) is 7.49. The maximum absolute atomic E-state index is 6.79. The number of hydrogen-bond donors (Lipinski definition) is 0. The average molecular weight is 753 g/mol. The van der Waals surface area contributed by atoms with E-state index in [0.29, 0.717) is 52.1 Å². The lowest BCUT2D eigenvalue weighted by atomic mass is 9.91. The molecule has 0 saturated carbocycles. The zero-order valence-corrected chi connectivity index (χ0v) is 33.8. The highest BCUT2D eigenvalue weighted by atomic mass is 16.5. The fraction of sp³-hybridized carbons (Fsp3) is 0.385. The minimum absolute atomic E-state index is 0.655. The van der Waals surface area contributed by atoms with Gasteiger partial charge < -0.3 is 18.9 Å². The van der Waals surface area contributed by atoms with Gasteiger partial charge in [-0.05, 0) is 122 Å². The van der Waals surface area contributed by atoms with Crippen LogP contribution in [0.2, 0.25) is 0 Å². The Labute approximate surface area is 338 Å². The minimum atomic E-state index is 0.655. The number of benzene rings is 4. The van der Waals surface area contributed by atoms with Gasteiger partial charge in [0.25, 0.3) is 0 Å². The van der Waals surface area contributed by atoms with Crippen molar-refractivity contribution in [1.29, 1.82) is 0 Å². The Balaban J connectivity index is 1.64. The van der Waals surface area contributed by atoms with Crippen LogP contribution in [0.1, 0.15) is 122 Å². The van der Waals surface area contributed by atoms with Gasteiger partial charge in [0.1, 0.15) is 23.0 Å². The van der Waals surface area contributed by atoms with E-state index in [1.54, 1.807) is 0 Å². The summed E-state index contributed by atoms with van der Waals surface area (Å²) in [4.78, 5) is 0. The Morgan fingerprint density at radius 3 is 0.696 bits per heavy atom. The smallest absolute Gasteiger partial charge is 0.126 e. The molecule has 0 aliphatic heterocycles. The van der Waals surface area contributed by atoms with E-state index in [1.165, 1.54) is 44.5 Å². The van der Waals surface area contributed by atoms with E-state index in [4.69, 9.17) is 18.9 Å². The first-order valence-electron chi connectivity index (χ1n) is 21.0. The Bertz CT molecular complexity index is 1500. The van der Waals surface area contributed by atoms with Gasteiger partial charge in [-0.2, -0.15) is 0 Å². The van der Waals surface area contributed by atoms with Gasteiger partial charge in [0, 0.05) is 25.7 Å². The highest BCUT2D eigenvalue weighted by Crippen LogP contribution is 2.39. The van der Waals surface area contributed by atoms with E-state index in [-0.39, 0.29) is 0 Å². The number of fused-ring (bicyclic) bond motifs is 8. The third-order valence-corrected chi connectivity index (χ3v) is 10.4. The van der Waals surface area contributed by atoms with Crippen molar-refractivity contribution < 1.29 is 18.9 Å². The predicted molar refractivity (Wildman–Crippen MR) is 235 cm³/mol. The molecular formula is C52H64O4. The van der Waals surface area contributed by atoms with E-state index in [2.05, 4.69) is 99.1 Å². The van der Waals surface area contributed by atoms with Crippen LogP contribution in [0.4, 0.5) is 0 Å². The summed E-state index contributed by atoms with van der Waals surface area (Å²) in [5, 5.41) is 0. The maximum Gasteiger partial charge on any atom is 0.126 e. The Morgan fingerprint density at radius 1 is 0.321 bits per heavy atom. The van der Waals surface area contributed by atoms with E-state index in [1.807, 2.05) is 24.3 Å². The molecule has 8 bridgehead atoms. The maximum atomic E-state index is 6.79. The van der Waals surface area contributed by atoms with Crippen LogP contribution >= 0.6 is 0 Å². The van der Waals surface area contributed by atoms with Crippen LogP contribution in [-0.2, 0) is 25.7 Å². The predicted octanol–water partition coefficient (Wildman–Crippen LogP) is 13.3. The fourth-order valence-electron chi connectivity index (χ4n) is 7.49. The number of ether oxygens (including phenoxy) is 4. The Hall–Kier alpha value is -4.96. The van der Waals surface area contributed by atoms with Gasteiger partial charge in [0.2, 0.25) is 0 Å². The Kier molecular flexibility index (Phi) is 18.0. The van der Waals surface area contributed by atoms with E-state index in [9.17, 15) is 0 Å². The number of allylic oxidation sites excluding steroid dienone is 4. The van der Waals surface area contributed by atoms with Gasteiger partial charge in [0.05, 0.1) is 26.4 Å². The second-order valence-electron chi connectivity index (χ2n) is 14.9. The summed E-state index contributed by atoms with van der Waals surface area (Å²) in [6.45, 7) is 18.3. The van der Waals surface area contributed by atoms with Crippen LogP contribution < -0.4 is 18.9 Å². The van der Waals surface area contributed by atoms with Gasteiger partial charge >= 0.3 is 0 Å². The van der Waals surface area contributed by atoms with E-state index in [0.717, 1.165) is 100 Å². The molecule has 0 radical (unpaired) electrons. The molecule has 56 heavy (non-hydrogen) atoms. The third-order valence-electron chi connectivity index (χ3n) is 10.4. The summed E-state index contributed by atoms with van der Waals surface area (Å²) in [5.74, 6) is 3.89. The van der Waals surface area contributed by atoms with Crippen molar-refractivity contribution in [3.63, 3.8) is 0 Å². The van der Waals surface area contributed by atoms with Crippen LogP contribution in [0.5, 0.6) is 23.0 Å². The molecule has 1 aliphatic carbocycles. The first-order chi connectivity index (χ1) is 27.7. The molecule has 1 aliphatic rings. The molecule has 0 atom stereocenters. The zero-order chi connectivity index (χ0) is 39.2. The lowest BCUT2D eigenvalue weighted by Crippen LogP contribution is -2.10. The van der Waals surface area contributed by atoms with Crippen molar-refractivity contribution >= 4 is 0 Å². The summed E-state index contributed by atoms with van der Waals surface area (Å²) in [6.07, 6.45) is 22.8. The SMILES string of the molecule is C=CCCCCOc1c2cccc1Cc1cccc(c1OCCCCC=C)Cc1cccc(c1OCCCCC=C)Cc1cccc(c1OCCCCC=C)C2. The second kappa shape index (κ2) is 23.8. The lowest BCUT2D eigenvalue weighted by Gasteiger charge is -2.23. The average Bonchev–Trinajstić information content (AvgIpc) is 3.20. The quantitative estimate of drug-likeness (QED) is 0.0465. The largest absolute Gasteiger partial charge is 0.493 e.